The molecule has 0 N–H and O–H groups in total. The average Bonchev–Trinajstić information content (AvgIpc) is 4.16. The second-order valence-electron chi connectivity index (χ2n) is 17.7. The molecule has 316 valence electrons. The van der Waals surface area contributed by atoms with Gasteiger partial charge in [-0.25, -0.2) is 9.97 Å². The summed E-state index contributed by atoms with van der Waals surface area (Å²) in [6, 6.07) is 78.3. The molecule has 0 aliphatic rings. The Morgan fingerprint density at radius 1 is 0.368 bits per heavy atom. The van der Waals surface area contributed by atoms with Crippen LogP contribution in [0.5, 0.6) is 0 Å². The highest BCUT2D eigenvalue weighted by molar-refractivity contribution is 7.26. The molecule has 15 rings (SSSR count). The molecule has 68 heavy (non-hydrogen) atoms. The van der Waals surface area contributed by atoms with Gasteiger partial charge in [-0.15, -0.1) is 11.3 Å². The zero-order chi connectivity index (χ0) is 44.5. The Labute approximate surface area is 393 Å². The van der Waals surface area contributed by atoms with Crippen molar-refractivity contribution in [3.8, 4) is 45.1 Å². The van der Waals surface area contributed by atoms with E-state index < -0.39 is 0 Å². The number of rotatable bonds is 5. The smallest absolute Gasteiger partial charge is 0.235 e. The van der Waals surface area contributed by atoms with Crippen LogP contribution < -0.4 is 0 Å². The number of hydrogen-bond acceptors (Lipinski definition) is 4. The van der Waals surface area contributed by atoms with Gasteiger partial charge in [-0.2, -0.15) is 0 Å². The predicted molar refractivity (Wildman–Crippen MR) is 285 cm³/mol. The fraction of sp³-hybridized carbons (Fsp3) is 0. The van der Waals surface area contributed by atoms with Crippen LogP contribution in [0.4, 0.5) is 0 Å². The Morgan fingerprint density at radius 3 is 1.66 bits per heavy atom. The molecule has 0 saturated heterocycles. The Kier molecular flexibility index (Phi) is 7.88. The van der Waals surface area contributed by atoms with Crippen LogP contribution in [0.25, 0.3) is 142 Å². The largest absolute Gasteiger partial charge is 0.455 e. The minimum absolute atomic E-state index is 0.647. The van der Waals surface area contributed by atoms with Crippen molar-refractivity contribution >= 4 is 108 Å². The van der Waals surface area contributed by atoms with E-state index in [1.807, 2.05) is 11.3 Å². The number of furan rings is 1. The van der Waals surface area contributed by atoms with Gasteiger partial charge in [0.1, 0.15) is 11.2 Å². The van der Waals surface area contributed by atoms with Gasteiger partial charge < -0.3 is 8.98 Å². The summed E-state index contributed by atoms with van der Waals surface area (Å²) >= 11 is 1.84. The quantitative estimate of drug-likeness (QED) is 0.173. The lowest BCUT2D eigenvalue weighted by Gasteiger charge is -2.12. The number of nitrogens with zero attached hydrogens (tertiary/aromatic N) is 4. The van der Waals surface area contributed by atoms with Gasteiger partial charge in [0.25, 0.3) is 0 Å². The minimum atomic E-state index is 0.647. The van der Waals surface area contributed by atoms with Gasteiger partial charge in [0, 0.05) is 58.7 Å². The van der Waals surface area contributed by atoms with Crippen molar-refractivity contribution in [2.24, 2.45) is 0 Å². The molecule has 0 radical (unpaired) electrons. The highest BCUT2D eigenvalue weighted by Gasteiger charge is 2.23. The molecular formula is C62H36N4OS. The van der Waals surface area contributed by atoms with Crippen molar-refractivity contribution in [3.63, 3.8) is 0 Å². The Morgan fingerprint density at radius 2 is 0.912 bits per heavy atom. The minimum Gasteiger partial charge on any atom is -0.455 e. The normalized spacial score (nSPS) is 12.1. The maximum Gasteiger partial charge on any atom is 0.235 e. The number of benzene rings is 10. The molecular weight excluding hydrogens is 849 g/mol. The second-order valence-corrected chi connectivity index (χ2v) is 18.7. The molecule has 0 spiro atoms. The molecule has 6 heteroatoms. The third-order valence-corrected chi connectivity index (χ3v) is 15.1. The Hall–Kier alpha value is -8.84. The first kappa shape index (κ1) is 37.4. The second kappa shape index (κ2) is 14.3. The average molecular weight is 885 g/mol. The molecule has 0 fully saturated rings. The topological polar surface area (TPSA) is 48.8 Å². The van der Waals surface area contributed by atoms with Crippen molar-refractivity contribution in [1.82, 2.24) is 19.1 Å². The third kappa shape index (κ3) is 5.43. The van der Waals surface area contributed by atoms with E-state index in [0.717, 1.165) is 88.2 Å². The summed E-state index contributed by atoms with van der Waals surface area (Å²) in [6.07, 6.45) is 0. The first-order chi connectivity index (χ1) is 33.7. The van der Waals surface area contributed by atoms with Gasteiger partial charge >= 0.3 is 0 Å². The third-order valence-electron chi connectivity index (χ3n) is 13.9. The summed E-state index contributed by atoms with van der Waals surface area (Å²) in [5.41, 5.74) is 15.0. The van der Waals surface area contributed by atoms with E-state index in [2.05, 4.69) is 228 Å². The SMILES string of the molecule is c1ccc(-c2ccc(-c3nc(-n4c5ccccc5c5cc(-c6ccc7c(c6)c6ccccc6n7-c6cc7c8ccccc8oc7c7c6sc6ccccc67)ccc54)nc4ccccc34)cc2)cc1. The van der Waals surface area contributed by atoms with E-state index >= 15 is 0 Å². The predicted octanol–water partition coefficient (Wildman–Crippen LogP) is 17.1. The molecule has 5 heterocycles. The Bertz CT molecular complexity index is 4550. The zero-order valence-electron chi connectivity index (χ0n) is 36.4. The molecule has 0 unspecified atom stereocenters. The Balaban J connectivity index is 0.902. The van der Waals surface area contributed by atoms with Crippen molar-refractivity contribution in [1.29, 1.82) is 0 Å². The first-order valence-corrected chi connectivity index (χ1v) is 23.8. The number of hydrogen-bond donors (Lipinski definition) is 0. The number of thiophene rings is 1. The molecule has 0 amide bonds. The molecule has 0 saturated carbocycles. The molecule has 0 aliphatic carbocycles. The van der Waals surface area contributed by atoms with E-state index in [1.54, 1.807) is 0 Å². The molecule has 0 bridgehead atoms. The van der Waals surface area contributed by atoms with Gasteiger partial charge in [0.15, 0.2) is 0 Å². The first-order valence-electron chi connectivity index (χ1n) is 23.0. The highest BCUT2D eigenvalue weighted by atomic mass is 32.1. The monoisotopic (exact) mass is 884 g/mol. The number of fused-ring (bicyclic) bond motifs is 14. The summed E-state index contributed by atoms with van der Waals surface area (Å²) in [5, 5.41) is 10.4. The van der Waals surface area contributed by atoms with E-state index in [1.165, 1.54) is 47.6 Å². The molecule has 15 aromatic rings. The maximum atomic E-state index is 6.67. The van der Waals surface area contributed by atoms with E-state index in [-0.39, 0.29) is 0 Å². The van der Waals surface area contributed by atoms with Crippen LogP contribution in [-0.2, 0) is 0 Å². The van der Waals surface area contributed by atoms with Gasteiger partial charge in [-0.3, -0.25) is 4.57 Å². The van der Waals surface area contributed by atoms with Crippen molar-refractivity contribution in [2.45, 2.75) is 0 Å². The standard InChI is InChI=1S/C62H36N4OS/c1-2-14-37(15-3-1)38-26-28-39(29-27-38)59-45-19-4-9-21-50(45)63-62(64-59)66-52-23-11-6-17-43(52)48-35-41(31-33-54(48)66)40-30-32-53-47(34-40)42-16-5-10-22-51(42)65(53)55-36-49-44-18-7-12-24-56(44)67-60(49)58-46-20-8-13-25-57(46)68-61(55)58/h1-36H. The van der Waals surface area contributed by atoms with Gasteiger partial charge in [0.2, 0.25) is 5.95 Å². The van der Waals surface area contributed by atoms with Gasteiger partial charge in [-0.05, 0) is 82.9 Å². The van der Waals surface area contributed by atoms with Crippen LogP contribution in [0, 0.1) is 0 Å². The molecule has 5 aromatic heterocycles. The van der Waals surface area contributed by atoms with Crippen LogP contribution in [0.1, 0.15) is 0 Å². The lowest BCUT2D eigenvalue weighted by Crippen LogP contribution is -2.03. The molecule has 0 atom stereocenters. The van der Waals surface area contributed by atoms with E-state index in [9.17, 15) is 0 Å². The summed E-state index contributed by atoms with van der Waals surface area (Å²) in [4.78, 5) is 10.6. The summed E-state index contributed by atoms with van der Waals surface area (Å²) < 4.78 is 13.8. The number of para-hydroxylation sites is 4. The summed E-state index contributed by atoms with van der Waals surface area (Å²) in [5.74, 6) is 0.647. The van der Waals surface area contributed by atoms with Crippen molar-refractivity contribution in [3.05, 3.63) is 218 Å². The van der Waals surface area contributed by atoms with E-state index in [0.29, 0.717) is 5.95 Å². The van der Waals surface area contributed by atoms with Crippen LogP contribution in [0.2, 0.25) is 0 Å². The van der Waals surface area contributed by atoms with Gasteiger partial charge in [-0.1, -0.05) is 158 Å². The summed E-state index contributed by atoms with van der Waals surface area (Å²) in [6.45, 7) is 0. The van der Waals surface area contributed by atoms with Gasteiger partial charge in [0.05, 0.1) is 43.7 Å². The number of aromatic nitrogens is 4. The lowest BCUT2D eigenvalue weighted by molar-refractivity contribution is 0.673. The zero-order valence-corrected chi connectivity index (χ0v) is 37.2. The summed E-state index contributed by atoms with van der Waals surface area (Å²) in [7, 11) is 0. The molecule has 5 nitrogen and oxygen atoms in total. The van der Waals surface area contributed by atoms with Crippen LogP contribution >= 0.6 is 11.3 Å². The molecule has 0 aliphatic heterocycles. The maximum absolute atomic E-state index is 6.67. The fourth-order valence-electron chi connectivity index (χ4n) is 10.8. The van der Waals surface area contributed by atoms with Crippen molar-refractivity contribution in [2.75, 3.05) is 0 Å². The molecule has 10 aromatic carbocycles. The van der Waals surface area contributed by atoms with Crippen molar-refractivity contribution < 1.29 is 4.42 Å². The van der Waals surface area contributed by atoms with Crippen LogP contribution in [-0.4, -0.2) is 19.1 Å². The van der Waals surface area contributed by atoms with Crippen LogP contribution in [0.3, 0.4) is 0 Å². The van der Waals surface area contributed by atoms with Crippen LogP contribution in [0.15, 0.2) is 223 Å². The fourth-order valence-corrected chi connectivity index (χ4v) is 12.0. The highest BCUT2D eigenvalue weighted by Crippen LogP contribution is 2.47. The lowest BCUT2D eigenvalue weighted by atomic mass is 10.0. The van der Waals surface area contributed by atoms with E-state index in [4.69, 9.17) is 14.4 Å².